The maximum absolute atomic E-state index is 6.69. The van der Waals surface area contributed by atoms with E-state index < -0.39 is 0 Å². The van der Waals surface area contributed by atoms with Gasteiger partial charge in [-0.3, -0.25) is 9.80 Å². The predicted octanol–water partition coefficient (Wildman–Crippen LogP) is 7.36. The molecule has 3 aromatic rings. The van der Waals surface area contributed by atoms with Crippen LogP contribution in [0, 0.1) is 6.92 Å². The number of hydrogen-bond acceptors (Lipinski definition) is 2. The molecular formula is C25H25Cl3N2. The van der Waals surface area contributed by atoms with Gasteiger partial charge in [0.15, 0.2) is 0 Å². The molecule has 1 aliphatic heterocycles. The summed E-state index contributed by atoms with van der Waals surface area (Å²) in [5.41, 5.74) is 4.65. The van der Waals surface area contributed by atoms with E-state index in [0.717, 1.165) is 48.7 Å². The van der Waals surface area contributed by atoms with E-state index in [1.54, 1.807) is 0 Å². The molecule has 1 saturated heterocycles. The maximum atomic E-state index is 6.69. The van der Waals surface area contributed by atoms with E-state index in [2.05, 4.69) is 47.1 Å². The summed E-state index contributed by atoms with van der Waals surface area (Å²) in [6.07, 6.45) is 1.06. The highest BCUT2D eigenvalue weighted by molar-refractivity contribution is 6.36. The van der Waals surface area contributed by atoms with Crippen LogP contribution in [0.3, 0.4) is 0 Å². The Morgan fingerprint density at radius 3 is 2.10 bits per heavy atom. The molecule has 4 rings (SSSR count). The van der Waals surface area contributed by atoms with Gasteiger partial charge in [-0.05, 0) is 42.7 Å². The Kier molecular flexibility index (Phi) is 7.02. The average Bonchev–Trinajstić information content (AvgIpc) is 2.71. The van der Waals surface area contributed by atoms with Gasteiger partial charge < -0.3 is 0 Å². The normalized spacial score (nSPS) is 17.9. The van der Waals surface area contributed by atoms with E-state index in [1.807, 2.05) is 36.4 Å². The molecule has 3 aromatic carbocycles. The van der Waals surface area contributed by atoms with Crippen LogP contribution < -0.4 is 0 Å². The standard InChI is InChI=1S/C25H25Cl3N2/c1-18-7-4-8-19(15-18)16-29-13-6-14-30(17-20-9-2-3-10-21(20)26)25(29)24-22(27)11-5-12-23(24)28/h2-5,7-12,15,25H,6,13-14,16-17H2,1H3. The first-order valence-corrected chi connectivity index (χ1v) is 11.4. The summed E-state index contributed by atoms with van der Waals surface area (Å²) < 4.78 is 0. The van der Waals surface area contributed by atoms with Gasteiger partial charge in [-0.15, -0.1) is 0 Å². The second-order valence-electron chi connectivity index (χ2n) is 7.88. The molecular weight excluding hydrogens is 435 g/mol. The highest BCUT2D eigenvalue weighted by Gasteiger charge is 2.33. The lowest BCUT2D eigenvalue weighted by molar-refractivity contribution is -0.00896. The molecule has 0 N–H and O–H groups in total. The molecule has 156 valence electrons. The van der Waals surface area contributed by atoms with Crippen LogP contribution in [0.15, 0.2) is 66.7 Å². The fraction of sp³-hybridized carbons (Fsp3) is 0.280. The van der Waals surface area contributed by atoms with Gasteiger partial charge in [0.25, 0.3) is 0 Å². The highest BCUT2D eigenvalue weighted by atomic mass is 35.5. The average molecular weight is 460 g/mol. The van der Waals surface area contributed by atoms with E-state index >= 15 is 0 Å². The van der Waals surface area contributed by atoms with Crippen molar-refractivity contribution in [2.45, 2.75) is 32.6 Å². The SMILES string of the molecule is Cc1cccc(CN2CCCN(Cc3ccccc3Cl)C2c2c(Cl)cccc2Cl)c1. The van der Waals surface area contributed by atoms with E-state index in [9.17, 15) is 0 Å². The van der Waals surface area contributed by atoms with Crippen molar-refractivity contribution in [2.24, 2.45) is 0 Å². The van der Waals surface area contributed by atoms with Crippen LogP contribution in [0.5, 0.6) is 0 Å². The van der Waals surface area contributed by atoms with Gasteiger partial charge in [-0.2, -0.15) is 0 Å². The largest absolute Gasteiger partial charge is 0.280 e. The maximum Gasteiger partial charge on any atom is 0.0921 e. The third-order valence-corrected chi connectivity index (χ3v) is 6.67. The molecule has 1 unspecified atom stereocenters. The van der Waals surface area contributed by atoms with Gasteiger partial charge in [0, 0.05) is 46.8 Å². The second kappa shape index (κ2) is 9.72. The Balaban J connectivity index is 1.72. The minimum atomic E-state index is -0.0169. The van der Waals surface area contributed by atoms with Crippen molar-refractivity contribution in [3.63, 3.8) is 0 Å². The summed E-state index contributed by atoms with van der Waals surface area (Å²) >= 11 is 19.9. The lowest BCUT2D eigenvalue weighted by atomic mass is 10.0. The second-order valence-corrected chi connectivity index (χ2v) is 9.11. The zero-order valence-electron chi connectivity index (χ0n) is 17.0. The Morgan fingerprint density at radius 2 is 1.40 bits per heavy atom. The minimum absolute atomic E-state index is 0.0169. The molecule has 30 heavy (non-hydrogen) atoms. The number of benzene rings is 3. The Labute approximate surface area is 194 Å². The molecule has 0 spiro atoms. The van der Waals surface area contributed by atoms with E-state index in [0.29, 0.717) is 10.0 Å². The molecule has 1 atom stereocenters. The first-order valence-electron chi connectivity index (χ1n) is 10.2. The summed E-state index contributed by atoms with van der Waals surface area (Å²) in [7, 11) is 0. The van der Waals surface area contributed by atoms with E-state index in [4.69, 9.17) is 34.8 Å². The monoisotopic (exact) mass is 458 g/mol. The van der Waals surface area contributed by atoms with Crippen molar-refractivity contribution in [2.75, 3.05) is 13.1 Å². The fourth-order valence-corrected chi connectivity index (χ4v) is 5.08. The molecule has 5 heteroatoms. The molecule has 0 radical (unpaired) electrons. The Morgan fingerprint density at radius 1 is 0.767 bits per heavy atom. The summed E-state index contributed by atoms with van der Waals surface area (Å²) in [5, 5.41) is 2.19. The fourth-order valence-electron chi connectivity index (χ4n) is 4.30. The number of halogens is 3. The Bertz CT molecular complexity index is 1000. The molecule has 2 nitrogen and oxygen atoms in total. The summed E-state index contributed by atoms with van der Waals surface area (Å²) in [6, 6.07) is 22.5. The molecule has 0 aromatic heterocycles. The molecule has 0 aliphatic carbocycles. The highest BCUT2D eigenvalue weighted by Crippen LogP contribution is 2.39. The number of aryl methyl sites for hydroxylation is 1. The molecule has 0 bridgehead atoms. The van der Waals surface area contributed by atoms with Gasteiger partial charge >= 0.3 is 0 Å². The number of hydrogen-bond donors (Lipinski definition) is 0. The topological polar surface area (TPSA) is 6.48 Å². The van der Waals surface area contributed by atoms with Crippen LogP contribution in [0.25, 0.3) is 0 Å². The van der Waals surface area contributed by atoms with Crippen molar-refractivity contribution in [1.29, 1.82) is 0 Å². The lowest BCUT2D eigenvalue weighted by Gasteiger charge is -2.45. The van der Waals surface area contributed by atoms with Crippen LogP contribution in [-0.4, -0.2) is 22.9 Å². The summed E-state index contributed by atoms with van der Waals surface area (Å²) in [4.78, 5) is 4.91. The van der Waals surface area contributed by atoms with Crippen molar-refractivity contribution >= 4 is 34.8 Å². The van der Waals surface area contributed by atoms with Crippen molar-refractivity contribution in [1.82, 2.24) is 9.80 Å². The zero-order chi connectivity index (χ0) is 21.1. The van der Waals surface area contributed by atoms with E-state index in [-0.39, 0.29) is 6.17 Å². The first kappa shape index (κ1) is 21.7. The van der Waals surface area contributed by atoms with Gasteiger partial charge in [0.2, 0.25) is 0 Å². The third-order valence-electron chi connectivity index (χ3n) is 5.64. The zero-order valence-corrected chi connectivity index (χ0v) is 19.3. The quantitative estimate of drug-likeness (QED) is 0.393. The van der Waals surface area contributed by atoms with Crippen LogP contribution >= 0.6 is 34.8 Å². The summed E-state index contributed by atoms with van der Waals surface area (Å²) in [6.45, 7) is 5.66. The molecule has 1 fully saturated rings. The van der Waals surface area contributed by atoms with Crippen molar-refractivity contribution in [3.8, 4) is 0 Å². The van der Waals surface area contributed by atoms with Crippen LogP contribution in [0.2, 0.25) is 15.1 Å². The summed E-state index contributed by atoms with van der Waals surface area (Å²) in [5.74, 6) is 0. The van der Waals surface area contributed by atoms with Crippen molar-refractivity contribution in [3.05, 3.63) is 104 Å². The van der Waals surface area contributed by atoms with Crippen molar-refractivity contribution < 1.29 is 0 Å². The molecule has 1 aliphatic rings. The van der Waals surface area contributed by atoms with Gasteiger partial charge in [-0.1, -0.05) is 88.9 Å². The van der Waals surface area contributed by atoms with E-state index in [1.165, 1.54) is 11.1 Å². The third kappa shape index (κ3) is 4.85. The Hall–Kier alpha value is -1.55. The predicted molar refractivity (Wildman–Crippen MR) is 127 cm³/mol. The number of nitrogens with zero attached hydrogens (tertiary/aromatic N) is 2. The van der Waals surface area contributed by atoms with Crippen LogP contribution in [-0.2, 0) is 13.1 Å². The van der Waals surface area contributed by atoms with Crippen LogP contribution in [0.1, 0.15) is 34.8 Å². The molecule has 1 heterocycles. The first-order chi connectivity index (χ1) is 14.5. The van der Waals surface area contributed by atoms with Crippen LogP contribution in [0.4, 0.5) is 0 Å². The van der Waals surface area contributed by atoms with Gasteiger partial charge in [0.1, 0.15) is 0 Å². The molecule has 0 saturated carbocycles. The van der Waals surface area contributed by atoms with Gasteiger partial charge in [0.05, 0.1) is 6.17 Å². The minimum Gasteiger partial charge on any atom is -0.280 e. The number of rotatable bonds is 5. The molecule has 0 amide bonds. The smallest absolute Gasteiger partial charge is 0.0921 e. The lowest BCUT2D eigenvalue weighted by Crippen LogP contribution is -2.47. The van der Waals surface area contributed by atoms with Gasteiger partial charge in [-0.25, -0.2) is 0 Å².